The first-order chi connectivity index (χ1) is 15.4. The van der Waals surface area contributed by atoms with Gasteiger partial charge in [0.1, 0.15) is 0 Å². The van der Waals surface area contributed by atoms with Crippen LogP contribution in [0.4, 0.5) is 11.4 Å². The Kier molecular flexibility index (Phi) is 4.86. The number of hydrogen-bond acceptors (Lipinski definition) is 6. The van der Waals surface area contributed by atoms with Crippen LogP contribution in [0.5, 0.6) is 0 Å². The summed E-state index contributed by atoms with van der Waals surface area (Å²) in [5.41, 5.74) is 3.17. The van der Waals surface area contributed by atoms with E-state index in [1.54, 1.807) is 42.9 Å². The van der Waals surface area contributed by atoms with Gasteiger partial charge < -0.3 is 9.88 Å². The minimum absolute atomic E-state index is 0.0180. The third-order valence-electron chi connectivity index (χ3n) is 5.22. The average Bonchev–Trinajstić information content (AvgIpc) is 3.56. The van der Waals surface area contributed by atoms with E-state index in [1.807, 2.05) is 30.1 Å². The summed E-state index contributed by atoms with van der Waals surface area (Å²) in [4.78, 5) is 25.6. The smallest absolute Gasteiger partial charge is 0.293 e. The van der Waals surface area contributed by atoms with Gasteiger partial charge in [-0.1, -0.05) is 0 Å². The first-order valence-electron chi connectivity index (χ1n) is 10.1. The van der Waals surface area contributed by atoms with Crippen LogP contribution < -0.4 is 10.0 Å². The van der Waals surface area contributed by atoms with Crippen molar-refractivity contribution in [2.24, 2.45) is 7.05 Å². The summed E-state index contributed by atoms with van der Waals surface area (Å²) in [5.74, 6) is -0.491. The maximum Gasteiger partial charge on any atom is 0.293 e. The van der Waals surface area contributed by atoms with Crippen LogP contribution >= 0.6 is 0 Å². The van der Waals surface area contributed by atoms with Crippen LogP contribution in [0.3, 0.4) is 0 Å². The van der Waals surface area contributed by atoms with Gasteiger partial charge in [0.05, 0.1) is 22.1 Å². The minimum Gasteiger partial charge on any atom is -0.357 e. The van der Waals surface area contributed by atoms with E-state index in [4.69, 9.17) is 0 Å². The zero-order chi connectivity index (χ0) is 22.3. The molecule has 2 N–H and O–H groups in total. The molecule has 3 heterocycles. The summed E-state index contributed by atoms with van der Waals surface area (Å²) in [5, 5.41) is 3.22. The van der Waals surface area contributed by atoms with Crippen molar-refractivity contribution in [3.63, 3.8) is 0 Å². The Morgan fingerprint density at radius 1 is 1.16 bits per heavy atom. The molecule has 3 aromatic heterocycles. The highest BCUT2D eigenvalue weighted by Crippen LogP contribution is 2.30. The molecule has 10 heteroatoms. The molecule has 0 atom stereocenters. The molecule has 0 saturated heterocycles. The molecule has 1 fully saturated rings. The standard InChI is InChI=1S/C22H20N6O3S/c1-28-9-7-15(13-28)18-12-23-8-6-19(18)26-22(29)21-24-11-14-2-3-16(10-20(14)25-21)27-32(30,31)17-4-5-17/h2-3,6-13,17,27H,4-5H2,1H3,(H,23,26,29). The van der Waals surface area contributed by atoms with Gasteiger partial charge in [-0.15, -0.1) is 0 Å². The molecule has 4 aromatic rings. The number of benzene rings is 1. The molecule has 5 rings (SSSR count). The summed E-state index contributed by atoms with van der Waals surface area (Å²) in [7, 11) is -1.47. The lowest BCUT2D eigenvalue weighted by atomic mass is 10.1. The molecule has 162 valence electrons. The Morgan fingerprint density at radius 2 is 2.00 bits per heavy atom. The maximum atomic E-state index is 12.9. The van der Waals surface area contributed by atoms with Crippen molar-refractivity contribution in [3.8, 4) is 11.1 Å². The monoisotopic (exact) mass is 448 g/mol. The predicted molar refractivity (Wildman–Crippen MR) is 122 cm³/mol. The molecule has 1 amide bonds. The molecule has 0 bridgehead atoms. The van der Waals surface area contributed by atoms with Gasteiger partial charge in [0.15, 0.2) is 0 Å². The first kappa shape index (κ1) is 20.1. The SMILES string of the molecule is Cn1ccc(-c2cnccc2NC(=O)c2ncc3ccc(NS(=O)(=O)C4CC4)cc3n2)c1. The van der Waals surface area contributed by atoms with Crippen molar-refractivity contribution in [3.05, 3.63) is 67.1 Å². The molecular formula is C22H20N6O3S. The number of rotatable bonds is 6. The van der Waals surface area contributed by atoms with Gasteiger partial charge in [0.25, 0.3) is 5.91 Å². The minimum atomic E-state index is -3.39. The van der Waals surface area contributed by atoms with Crippen molar-refractivity contribution in [1.82, 2.24) is 19.5 Å². The molecule has 1 aromatic carbocycles. The van der Waals surface area contributed by atoms with Gasteiger partial charge in [0, 0.05) is 54.5 Å². The summed E-state index contributed by atoms with van der Waals surface area (Å²) in [6, 6.07) is 8.64. The van der Waals surface area contributed by atoms with E-state index < -0.39 is 15.9 Å². The Morgan fingerprint density at radius 3 is 2.75 bits per heavy atom. The number of nitrogens with zero attached hydrogens (tertiary/aromatic N) is 4. The Bertz CT molecular complexity index is 1440. The number of anilines is 2. The van der Waals surface area contributed by atoms with E-state index in [9.17, 15) is 13.2 Å². The topological polar surface area (TPSA) is 119 Å². The second kappa shape index (κ2) is 7.72. The lowest BCUT2D eigenvalue weighted by Crippen LogP contribution is -2.17. The van der Waals surface area contributed by atoms with Crippen molar-refractivity contribution in [1.29, 1.82) is 0 Å². The summed E-state index contributed by atoms with van der Waals surface area (Å²) < 4.78 is 28.9. The number of carbonyl (C=O) groups is 1. The lowest BCUT2D eigenvalue weighted by Gasteiger charge is -2.10. The van der Waals surface area contributed by atoms with Gasteiger partial charge >= 0.3 is 0 Å². The van der Waals surface area contributed by atoms with Crippen LogP contribution in [0.1, 0.15) is 23.5 Å². The number of hydrogen-bond donors (Lipinski definition) is 2. The molecule has 0 spiro atoms. The van der Waals surface area contributed by atoms with Crippen molar-refractivity contribution in [2.75, 3.05) is 10.0 Å². The zero-order valence-corrected chi connectivity index (χ0v) is 18.0. The largest absolute Gasteiger partial charge is 0.357 e. The van der Waals surface area contributed by atoms with Gasteiger partial charge in [-0.3, -0.25) is 14.5 Å². The molecule has 1 aliphatic rings. The summed E-state index contributed by atoms with van der Waals surface area (Å²) >= 11 is 0. The number of amides is 1. The normalized spacial score (nSPS) is 13.8. The molecule has 9 nitrogen and oxygen atoms in total. The molecular weight excluding hydrogens is 428 g/mol. The van der Waals surface area contributed by atoms with Gasteiger partial charge in [0.2, 0.25) is 15.8 Å². The number of sulfonamides is 1. The van der Waals surface area contributed by atoms with E-state index in [-0.39, 0.29) is 11.1 Å². The number of aromatic nitrogens is 4. The van der Waals surface area contributed by atoms with Gasteiger partial charge in [-0.05, 0) is 43.2 Å². The number of nitrogens with one attached hydrogen (secondary N) is 2. The van der Waals surface area contributed by atoms with Crippen molar-refractivity contribution < 1.29 is 13.2 Å². The first-order valence-corrected chi connectivity index (χ1v) is 11.6. The van der Waals surface area contributed by atoms with Crippen LogP contribution in [-0.2, 0) is 17.1 Å². The number of fused-ring (bicyclic) bond motifs is 1. The Balaban J connectivity index is 1.42. The van der Waals surface area contributed by atoms with Crippen LogP contribution in [0.15, 0.2) is 61.3 Å². The third-order valence-corrected chi connectivity index (χ3v) is 7.09. The molecule has 0 aliphatic heterocycles. The Labute approximate surface area is 184 Å². The quantitative estimate of drug-likeness (QED) is 0.468. The fourth-order valence-electron chi connectivity index (χ4n) is 3.40. The summed E-state index contributed by atoms with van der Waals surface area (Å²) in [6.07, 6.45) is 10.0. The van der Waals surface area contributed by atoms with Crippen LogP contribution in [-0.4, -0.2) is 39.1 Å². The molecule has 32 heavy (non-hydrogen) atoms. The van der Waals surface area contributed by atoms with E-state index in [1.165, 1.54) is 0 Å². The van der Waals surface area contributed by atoms with E-state index in [0.29, 0.717) is 35.1 Å². The fourth-order valence-corrected chi connectivity index (χ4v) is 4.78. The zero-order valence-electron chi connectivity index (χ0n) is 17.2. The van der Waals surface area contributed by atoms with E-state index in [2.05, 4.69) is 25.0 Å². The predicted octanol–water partition coefficient (Wildman–Crippen LogP) is 3.19. The second-order valence-corrected chi connectivity index (χ2v) is 9.72. The van der Waals surface area contributed by atoms with Gasteiger partial charge in [-0.25, -0.2) is 18.4 Å². The van der Waals surface area contributed by atoms with Crippen molar-refractivity contribution in [2.45, 2.75) is 18.1 Å². The average molecular weight is 449 g/mol. The Hall–Kier alpha value is -3.79. The molecule has 0 radical (unpaired) electrons. The molecule has 1 aliphatic carbocycles. The van der Waals surface area contributed by atoms with E-state index >= 15 is 0 Å². The van der Waals surface area contributed by atoms with Crippen LogP contribution in [0.2, 0.25) is 0 Å². The number of carbonyl (C=O) groups excluding carboxylic acids is 1. The van der Waals surface area contributed by atoms with Crippen LogP contribution in [0, 0.1) is 0 Å². The molecule has 0 unspecified atom stereocenters. The maximum absolute atomic E-state index is 12.9. The number of pyridine rings is 1. The van der Waals surface area contributed by atoms with Crippen molar-refractivity contribution >= 4 is 38.2 Å². The van der Waals surface area contributed by atoms with Crippen LogP contribution in [0.25, 0.3) is 22.0 Å². The highest BCUT2D eigenvalue weighted by Gasteiger charge is 2.35. The number of aryl methyl sites for hydroxylation is 1. The van der Waals surface area contributed by atoms with Gasteiger partial charge in [-0.2, -0.15) is 0 Å². The highest BCUT2D eigenvalue weighted by atomic mass is 32.2. The lowest BCUT2D eigenvalue weighted by molar-refractivity contribution is 0.101. The molecule has 1 saturated carbocycles. The fraction of sp³-hybridized carbons (Fsp3) is 0.182. The highest BCUT2D eigenvalue weighted by molar-refractivity contribution is 7.93. The van der Waals surface area contributed by atoms with E-state index in [0.717, 1.165) is 11.1 Å². The summed E-state index contributed by atoms with van der Waals surface area (Å²) in [6.45, 7) is 0. The second-order valence-electron chi connectivity index (χ2n) is 7.75. The third kappa shape index (κ3) is 4.04.